The zero-order valence-electron chi connectivity index (χ0n) is 19.2. The Morgan fingerprint density at radius 3 is 2.66 bits per heavy atom. The highest BCUT2D eigenvalue weighted by Crippen LogP contribution is 2.34. The van der Waals surface area contributed by atoms with Crippen molar-refractivity contribution in [1.82, 2.24) is 14.5 Å². The fourth-order valence-corrected chi connectivity index (χ4v) is 7.04. The molecule has 1 amide bonds. The maximum absolute atomic E-state index is 13.1. The van der Waals surface area contributed by atoms with E-state index < -0.39 is 22.0 Å². The van der Waals surface area contributed by atoms with Crippen molar-refractivity contribution in [3.8, 4) is 23.0 Å². The number of ether oxygens (including phenoxy) is 2. The highest BCUT2D eigenvalue weighted by atomic mass is 35.5. The molecule has 0 radical (unpaired) electrons. The van der Waals surface area contributed by atoms with Crippen LogP contribution in [0.2, 0.25) is 4.34 Å². The van der Waals surface area contributed by atoms with Crippen molar-refractivity contribution < 1.29 is 27.1 Å². The molecule has 1 N–H and O–H groups in total. The van der Waals surface area contributed by atoms with E-state index in [4.69, 9.17) is 25.5 Å². The summed E-state index contributed by atoms with van der Waals surface area (Å²) in [7, 11) is -3.87. The van der Waals surface area contributed by atoms with Crippen molar-refractivity contribution in [2.45, 2.75) is 43.4 Å². The number of hydrogen-bond acceptors (Lipinski definition) is 9. The van der Waals surface area contributed by atoms with Gasteiger partial charge >= 0.3 is 6.01 Å². The lowest BCUT2D eigenvalue weighted by molar-refractivity contribution is -0.120. The number of hydrogen-bond donors (Lipinski definition) is 1. The zero-order chi connectivity index (χ0) is 25.0. The third-order valence-corrected chi connectivity index (χ3v) is 8.92. The van der Waals surface area contributed by atoms with Crippen LogP contribution in [0.5, 0.6) is 11.5 Å². The Labute approximate surface area is 212 Å². The molecule has 10 nitrogen and oxygen atoms in total. The maximum atomic E-state index is 13.1. The number of nitrogens with one attached hydrogen (secondary N) is 1. The maximum Gasteiger partial charge on any atom is 0.322 e. The van der Waals surface area contributed by atoms with Gasteiger partial charge in [0.25, 0.3) is 10.0 Å². The number of carbonyl (C=O) groups is 1. The van der Waals surface area contributed by atoms with Gasteiger partial charge in [-0.15, -0.1) is 16.4 Å². The van der Waals surface area contributed by atoms with Gasteiger partial charge in [-0.25, -0.2) is 8.42 Å². The lowest BCUT2D eigenvalue weighted by atomic mass is 10.0. The molecular weight excluding hydrogens is 516 g/mol. The number of halogens is 1. The van der Waals surface area contributed by atoms with Gasteiger partial charge in [0.15, 0.2) is 11.5 Å². The number of thiophene rings is 1. The van der Waals surface area contributed by atoms with Crippen LogP contribution < -0.4 is 14.8 Å². The second kappa shape index (κ2) is 10.9. The Hall–Kier alpha value is -2.67. The molecule has 1 aliphatic rings. The molecule has 1 aliphatic heterocycles. The van der Waals surface area contributed by atoms with Gasteiger partial charge in [-0.1, -0.05) is 23.1 Å². The number of nitrogens with zero attached hydrogens (tertiary/aromatic N) is 3. The Morgan fingerprint density at radius 2 is 1.94 bits per heavy atom. The molecule has 4 rings (SSSR count). The molecule has 0 aliphatic carbocycles. The lowest BCUT2D eigenvalue weighted by Gasteiger charge is -2.32. The van der Waals surface area contributed by atoms with Crippen molar-refractivity contribution in [3.63, 3.8) is 0 Å². The molecule has 1 aromatic carbocycles. The Bertz CT molecular complexity index is 1290. The minimum absolute atomic E-state index is 0.0999. The van der Waals surface area contributed by atoms with Crippen LogP contribution in [0.25, 0.3) is 11.5 Å². The summed E-state index contributed by atoms with van der Waals surface area (Å²) in [5.41, 5.74) is 0.585. The van der Waals surface area contributed by atoms with Gasteiger partial charge in [-0.2, -0.15) is 4.31 Å². The van der Waals surface area contributed by atoms with Crippen LogP contribution in [-0.4, -0.2) is 54.6 Å². The van der Waals surface area contributed by atoms with Crippen LogP contribution in [0, 0.1) is 0 Å². The first kappa shape index (κ1) is 25.4. The first-order valence-electron chi connectivity index (χ1n) is 11.1. The molecule has 1 fully saturated rings. The SMILES string of the molecule is CCOc1ccc(-c2nnc(NC(=O)C3CCCCN3S(=O)(=O)c3ccc(Cl)s3)o2)cc1OCC. The van der Waals surface area contributed by atoms with E-state index in [1.165, 1.54) is 16.4 Å². The van der Waals surface area contributed by atoms with E-state index in [0.717, 1.165) is 17.8 Å². The highest BCUT2D eigenvalue weighted by Gasteiger charge is 2.38. The summed E-state index contributed by atoms with van der Waals surface area (Å²) in [4.78, 5) is 13.1. The third-order valence-electron chi connectivity index (χ3n) is 5.31. The van der Waals surface area contributed by atoms with E-state index in [2.05, 4.69) is 15.5 Å². The quantitative estimate of drug-likeness (QED) is 0.422. The Kier molecular flexibility index (Phi) is 7.95. The standard InChI is InChI=1S/C22H25ClN4O6S2/c1-3-31-16-9-8-14(13-17(16)32-4-2)21-25-26-22(33-21)24-20(28)15-7-5-6-12-27(15)35(29,30)19-11-10-18(23)34-19/h8-11,13,15H,3-7,12H2,1-2H3,(H,24,26,28). The summed E-state index contributed by atoms with van der Waals surface area (Å²) in [6.07, 6.45) is 1.76. The Morgan fingerprint density at radius 1 is 1.17 bits per heavy atom. The summed E-state index contributed by atoms with van der Waals surface area (Å²) in [6.45, 7) is 4.92. The van der Waals surface area contributed by atoms with Crippen LogP contribution >= 0.6 is 22.9 Å². The molecular formula is C22H25ClN4O6S2. The van der Waals surface area contributed by atoms with Gasteiger partial charge in [-0.05, 0) is 57.0 Å². The van der Waals surface area contributed by atoms with Crippen molar-refractivity contribution in [3.05, 3.63) is 34.7 Å². The molecule has 1 atom stereocenters. The van der Waals surface area contributed by atoms with Gasteiger partial charge in [0.1, 0.15) is 10.3 Å². The van der Waals surface area contributed by atoms with Gasteiger partial charge in [0.05, 0.1) is 17.6 Å². The molecule has 3 heterocycles. The summed E-state index contributed by atoms with van der Waals surface area (Å²) in [5.74, 6) is 0.766. The van der Waals surface area contributed by atoms with Crippen LogP contribution in [0.15, 0.2) is 39.0 Å². The smallest absolute Gasteiger partial charge is 0.322 e. The minimum Gasteiger partial charge on any atom is -0.490 e. The molecule has 1 saturated heterocycles. The van der Waals surface area contributed by atoms with Crippen molar-refractivity contribution in [2.24, 2.45) is 0 Å². The van der Waals surface area contributed by atoms with Gasteiger partial charge in [0.2, 0.25) is 11.8 Å². The topological polar surface area (TPSA) is 124 Å². The minimum atomic E-state index is -3.87. The van der Waals surface area contributed by atoms with Crippen molar-refractivity contribution in [1.29, 1.82) is 0 Å². The summed E-state index contributed by atoms with van der Waals surface area (Å²) in [5, 5.41) is 10.5. The molecule has 0 spiro atoms. The molecule has 1 unspecified atom stereocenters. The predicted molar refractivity (Wildman–Crippen MR) is 132 cm³/mol. The first-order chi connectivity index (χ1) is 16.8. The second-order valence-corrected chi connectivity index (χ2v) is 11.4. The average Bonchev–Trinajstić information content (AvgIpc) is 3.50. The van der Waals surface area contributed by atoms with E-state index in [1.54, 1.807) is 18.2 Å². The normalized spacial score (nSPS) is 16.7. The predicted octanol–water partition coefficient (Wildman–Crippen LogP) is 4.43. The number of sulfonamides is 1. The summed E-state index contributed by atoms with van der Waals surface area (Å²) < 4.78 is 44.8. The van der Waals surface area contributed by atoms with Crippen LogP contribution in [0.1, 0.15) is 33.1 Å². The van der Waals surface area contributed by atoms with Gasteiger partial charge in [0, 0.05) is 12.1 Å². The third kappa shape index (κ3) is 5.61. The molecule has 0 bridgehead atoms. The number of rotatable bonds is 9. The van der Waals surface area contributed by atoms with Crippen LogP contribution in [0.3, 0.4) is 0 Å². The average molecular weight is 541 g/mol. The van der Waals surface area contributed by atoms with E-state index in [9.17, 15) is 13.2 Å². The van der Waals surface area contributed by atoms with E-state index in [-0.39, 0.29) is 22.7 Å². The van der Waals surface area contributed by atoms with Crippen molar-refractivity contribution in [2.75, 3.05) is 25.1 Å². The molecule has 188 valence electrons. The highest BCUT2D eigenvalue weighted by molar-refractivity contribution is 7.91. The number of anilines is 1. The first-order valence-corrected chi connectivity index (χ1v) is 13.8. The molecule has 0 saturated carbocycles. The van der Waals surface area contributed by atoms with Crippen LogP contribution in [-0.2, 0) is 14.8 Å². The fourth-order valence-electron chi connectivity index (χ4n) is 3.77. The molecule has 2 aromatic heterocycles. The van der Waals surface area contributed by atoms with Gasteiger partial charge < -0.3 is 13.9 Å². The zero-order valence-corrected chi connectivity index (χ0v) is 21.6. The molecule has 35 heavy (non-hydrogen) atoms. The van der Waals surface area contributed by atoms with E-state index in [1.807, 2.05) is 13.8 Å². The number of carbonyl (C=O) groups excluding carboxylic acids is 1. The second-order valence-electron chi connectivity index (χ2n) is 7.62. The summed E-state index contributed by atoms with van der Waals surface area (Å²) >= 11 is 6.89. The van der Waals surface area contributed by atoms with Crippen LogP contribution in [0.4, 0.5) is 6.01 Å². The lowest BCUT2D eigenvalue weighted by Crippen LogP contribution is -2.49. The number of aromatic nitrogens is 2. The monoisotopic (exact) mass is 540 g/mol. The number of benzene rings is 1. The van der Waals surface area contributed by atoms with Gasteiger partial charge in [-0.3, -0.25) is 10.1 Å². The largest absolute Gasteiger partial charge is 0.490 e. The number of piperidine rings is 1. The molecule has 3 aromatic rings. The van der Waals surface area contributed by atoms with E-state index in [0.29, 0.717) is 47.5 Å². The van der Waals surface area contributed by atoms with Crippen molar-refractivity contribution >= 4 is 44.9 Å². The van der Waals surface area contributed by atoms with E-state index >= 15 is 0 Å². The Balaban J connectivity index is 1.52. The fraction of sp³-hybridized carbons (Fsp3) is 0.409. The number of amides is 1. The molecule has 13 heteroatoms. The summed E-state index contributed by atoms with van der Waals surface area (Å²) in [6, 6.07) is 7.15.